The van der Waals surface area contributed by atoms with E-state index in [1.807, 2.05) is 54.7 Å². The largest absolute Gasteiger partial charge is 0.497 e. The van der Waals surface area contributed by atoms with E-state index < -0.39 is 16.9 Å². The molecule has 31 heavy (non-hydrogen) atoms. The first-order chi connectivity index (χ1) is 15.0. The van der Waals surface area contributed by atoms with Gasteiger partial charge in [0.2, 0.25) is 0 Å². The van der Waals surface area contributed by atoms with Crippen molar-refractivity contribution in [2.24, 2.45) is 0 Å². The third-order valence-corrected chi connectivity index (χ3v) is 5.39. The number of H-pyrrole nitrogens is 1. The van der Waals surface area contributed by atoms with Crippen molar-refractivity contribution in [3.8, 4) is 5.75 Å². The van der Waals surface area contributed by atoms with Gasteiger partial charge in [0.1, 0.15) is 11.3 Å². The lowest BCUT2D eigenvalue weighted by Gasteiger charge is -2.29. The molecule has 0 aliphatic heterocycles. The number of nitrogens with zero attached hydrogens (tertiary/aromatic N) is 2. The molecule has 1 aromatic heterocycles. The molecule has 0 radical (unpaired) electrons. The number of methoxy groups -OCH3 is 1. The minimum atomic E-state index is -0.533. The van der Waals surface area contributed by atoms with Crippen LogP contribution >= 0.6 is 0 Å². The summed E-state index contributed by atoms with van der Waals surface area (Å²) in [4.78, 5) is 29.2. The summed E-state index contributed by atoms with van der Waals surface area (Å²) in [7, 11) is 3.26. The number of amides is 1. The molecule has 0 saturated heterocycles. The van der Waals surface area contributed by atoms with Crippen molar-refractivity contribution < 1.29 is 14.5 Å². The van der Waals surface area contributed by atoms with Crippen LogP contribution in [0.3, 0.4) is 0 Å². The van der Waals surface area contributed by atoms with E-state index in [2.05, 4.69) is 4.98 Å². The van der Waals surface area contributed by atoms with Gasteiger partial charge in [0.05, 0.1) is 18.1 Å². The van der Waals surface area contributed by atoms with Gasteiger partial charge in [0.25, 0.3) is 11.6 Å². The number of fused-ring (bicyclic) bond motifs is 1. The van der Waals surface area contributed by atoms with Crippen molar-refractivity contribution in [3.05, 3.63) is 106 Å². The number of hydrogen-bond donors (Lipinski definition) is 1. The number of para-hydroxylation sites is 2. The Morgan fingerprint density at radius 1 is 1.03 bits per heavy atom. The summed E-state index contributed by atoms with van der Waals surface area (Å²) >= 11 is 0. The molecule has 3 aromatic carbocycles. The molecule has 0 aliphatic carbocycles. The highest BCUT2D eigenvalue weighted by Gasteiger charge is 2.30. The van der Waals surface area contributed by atoms with Crippen LogP contribution in [0.25, 0.3) is 10.9 Å². The van der Waals surface area contributed by atoms with E-state index in [1.165, 1.54) is 12.1 Å². The molecular formula is C24H21N3O4. The fourth-order valence-electron chi connectivity index (χ4n) is 3.84. The topological polar surface area (TPSA) is 88.5 Å². The van der Waals surface area contributed by atoms with Crippen molar-refractivity contribution in [3.63, 3.8) is 0 Å². The second-order valence-electron chi connectivity index (χ2n) is 7.16. The first-order valence-electron chi connectivity index (χ1n) is 9.72. The van der Waals surface area contributed by atoms with Gasteiger partial charge in [-0.3, -0.25) is 14.9 Å². The summed E-state index contributed by atoms with van der Waals surface area (Å²) < 4.78 is 5.27. The molecule has 0 saturated carbocycles. The number of aromatic amines is 1. The van der Waals surface area contributed by atoms with Gasteiger partial charge in [-0.2, -0.15) is 0 Å². The normalized spacial score (nSPS) is 11.8. The van der Waals surface area contributed by atoms with Gasteiger partial charge in [-0.25, -0.2) is 0 Å². The fourth-order valence-corrected chi connectivity index (χ4v) is 3.84. The minimum absolute atomic E-state index is 0.0494. The zero-order chi connectivity index (χ0) is 22.0. The predicted octanol–water partition coefficient (Wildman–Crippen LogP) is 4.95. The maximum atomic E-state index is 13.4. The maximum absolute atomic E-state index is 13.4. The van der Waals surface area contributed by atoms with Gasteiger partial charge in [-0.1, -0.05) is 42.5 Å². The van der Waals surface area contributed by atoms with Gasteiger partial charge in [-0.15, -0.1) is 0 Å². The number of nitro benzene ring substituents is 1. The summed E-state index contributed by atoms with van der Waals surface area (Å²) in [6, 6.07) is 20.8. The molecule has 0 aliphatic rings. The summed E-state index contributed by atoms with van der Waals surface area (Å²) in [6.07, 6.45) is 1.88. The van der Waals surface area contributed by atoms with Gasteiger partial charge >= 0.3 is 0 Å². The highest BCUT2D eigenvalue weighted by molar-refractivity contribution is 5.99. The average molecular weight is 415 g/mol. The zero-order valence-electron chi connectivity index (χ0n) is 17.1. The van der Waals surface area contributed by atoms with Gasteiger partial charge in [-0.05, 0) is 29.8 Å². The lowest BCUT2D eigenvalue weighted by molar-refractivity contribution is -0.385. The van der Waals surface area contributed by atoms with E-state index in [0.717, 1.165) is 22.0 Å². The van der Waals surface area contributed by atoms with Crippen LogP contribution in [0.4, 0.5) is 5.69 Å². The van der Waals surface area contributed by atoms with Crippen LogP contribution in [0, 0.1) is 10.1 Å². The zero-order valence-corrected chi connectivity index (χ0v) is 17.1. The number of benzene rings is 3. The molecule has 1 atom stereocenters. The van der Waals surface area contributed by atoms with Crippen LogP contribution in [0.5, 0.6) is 5.75 Å². The number of nitro groups is 1. The Kier molecular flexibility index (Phi) is 5.41. The third kappa shape index (κ3) is 3.73. The van der Waals surface area contributed by atoms with E-state index in [4.69, 9.17) is 4.74 Å². The Bertz CT molecular complexity index is 1250. The van der Waals surface area contributed by atoms with Crippen LogP contribution in [-0.4, -0.2) is 34.9 Å². The minimum Gasteiger partial charge on any atom is -0.497 e. The van der Waals surface area contributed by atoms with Gasteiger partial charge in [0, 0.05) is 35.8 Å². The highest BCUT2D eigenvalue weighted by Crippen LogP contribution is 2.35. The first kappa shape index (κ1) is 20.2. The molecule has 1 amide bonds. The standard InChI is InChI=1S/C24H21N3O4/c1-26(24(28)19-8-4-6-10-22(19)27(29)30)23(16-11-13-17(31-2)14-12-16)20-15-25-21-9-5-3-7-18(20)21/h3-15,23,25H,1-2H3/t23-/m1/s1. The number of carbonyl (C=O) groups is 1. The van der Waals surface area contributed by atoms with Crippen molar-refractivity contribution in [1.29, 1.82) is 0 Å². The Morgan fingerprint density at radius 2 is 1.71 bits per heavy atom. The summed E-state index contributed by atoms with van der Waals surface area (Å²) in [5, 5.41) is 12.5. The van der Waals surface area contributed by atoms with E-state index in [9.17, 15) is 14.9 Å². The van der Waals surface area contributed by atoms with Crippen LogP contribution in [0.2, 0.25) is 0 Å². The molecule has 7 heteroatoms. The number of rotatable bonds is 6. The molecule has 1 N–H and O–H groups in total. The second-order valence-corrected chi connectivity index (χ2v) is 7.16. The van der Waals surface area contributed by atoms with Crippen LogP contribution in [0.15, 0.2) is 79.0 Å². The summed E-state index contributed by atoms with van der Waals surface area (Å²) in [5.74, 6) is 0.271. The van der Waals surface area contributed by atoms with Crippen LogP contribution in [-0.2, 0) is 0 Å². The van der Waals surface area contributed by atoms with Crippen LogP contribution < -0.4 is 4.74 Å². The maximum Gasteiger partial charge on any atom is 0.282 e. The Balaban J connectivity index is 1.84. The molecule has 7 nitrogen and oxygen atoms in total. The van der Waals surface area contributed by atoms with Gasteiger partial charge in [0.15, 0.2) is 0 Å². The summed E-state index contributed by atoms with van der Waals surface area (Å²) in [6.45, 7) is 0. The van der Waals surface area contributed by atoms with E-state index in [0.29, 0.717) is 5.75 Å². The summed E-state index contributed by atoms with van der Waals surface area (Å²) in [5.41, 5.74) is 2.54. The van der Waals surface area contributed by atoms with E-state index in [1.54, 1.807) is 31.2 Å². The molecule has 4 rings (SSSR count). The van der Waals surface area contributed by atoms with Crippen molar-refractivity contribution in [2.45, 2.75) is 6.04 Å². The fraction of sp³-hybridized carbons (Fsp3) is 0.125. The van der Waals surface area contributed by atoms with Gasteiger partial charge < -0.3 is 14.6 Å². The van der Waals surface area contributed by atoms with Crippen molar-refractivity contribution in [2.75, 3.05) is 14.2 Å². The molecule has 0 bridgehead atoms. The molecule has 1 heterocycles. The lowest BCUT2D eigenvalue weighted by atomic mass is 9.96. The number of ether oxygens (including phenoxy) is 1. The van der Waals surface area contributed by atoms with Crippen molar-refractivity contribution >= 4 is 22.5 Å². The molecule has 0 fully saturated rings. The molecule has 156 valence electrons. The molecular weight excluding hydrogens is 394 g/mol. The monoisotopic (exact) mass is 415 g/mol. The first-order valence-corrected chi connectivity index (χ1v) is 9.72. The Hall–Kier alpha value is -4.13. The van der Waals surface area contributed by atoms with Crippen LogP contribution in [0.1, 0.15) is 27.5 Å². The average Bonchev–Trinajstić information content (AvgIpc) is 3.23. The Labute approximate surface area is 179 Å². The Morgan fingerprint density at radius 3 is 2.42 bits per heavy atom. The lowest BCUT2D eigenvalue weighted by Crippen LogP contribution is -2.32. The number of nitrogens with one attached hydrogen (secondary N) is 1. The quantitative estimate of drug-likeness (QED) is 0.357. The SMILES string of the molecule is COc1ccc([C@H](c2c[nH]c3ccccc23)N(C)C(=O)c2ccccc2[N+](=O)[O-])cc1. The smallest absolute Gasteiger partial charge is 0.282 e. The molecule has 0 spiro atoms. The molecule has 4 aromatic rings. The third-order valence-electron chi connectivity index (χ3n) is 5.39. The van der Waals surface area contributed by atoms with E-state index in [-0.39, 0.29) is 11.3 Å². The molecule has 0 unspecified atom stereocenters. The second kappa shape index (κ2) is 8.31. The predicted molar refractivity (Wildman–Crippen MR) is 118 cm³/mol. The number of aromatic nitrogens is 1. The highest BCUT2D eigenvalue weighted by atomic mass is 16.6. The number of hydrogen-bond acceptors (Lipinski definition) is 4. The number of carbonyl (C=O) groups excluding carboxylic acids is 1. The van der Waals surface area contributed by atoms with Crippen molar-refractivity contribution in [1.82, 2.24) is 9.88 Å². The van der Waals surface area contributed by atoms with E-state index >= 15 is 0 Å².